The zero-order valence-corrected chi connectivity index (χ0v) is 14.7. The minimum Gasteiger partial charge on any atom is -0.493 e. The minimum atomic E-state index is 0.119. The molecule has 4 nitrogen and oxygen atoms in total. The lowest BCUT2D eigenvalue weighted by Gasteiger charge is -2.20. The van der Waals surface area contributed by atoms with Crippen LogP contribution in [0.3, 0.4) is 0 Å². The van der Waals surface area contributed by atoms with E-state index in [0.29, 0.717) is 13.2 Å². The zero-order chi connectivity index (χ0) is 17.2. The molecule has 1 N–H and O–H groups in total. The molecule has 0 radical (unpaired) electrons. The molecule has 2 rings (SSSR count). The van der Waals surface area contributed by atoms with Crippen molar-refractivity contribution >= 4 is 0 Å². The average molecular weight is 329 g/mol. The fourth-order valence-electron chi connectivity index (χ4n) is 2.53. The number of hydrogen-bond acceptors (Lipinski definition) is 4. The predicted octanol–water partition coefficient (Wildman–Crippen LogP) is 3.96. The smallest absolute Gasteiger partial charge is 0.161 e. The molecule has 0 aliphatic rings. The van der Waals surface area contributed by atoms with E-state index in [1.54, 1.807) is 14.2 Å². The summed E-state index contributed by atoms with van der Waals surface area (Å²) in [4.78, 5) is 0. The van der Waals surface area contributed by atoms with Crippen LogP contribution in [0.1, 0.15) is 30.5 Å². The molecule has 0 aromatic heterocycles. The van der Waals surface area contributed by atoms with Gasteiger partial charge in [0, 0.05) is 0 Å². The largest absolute Gasteiger partial charge is 0.493 e. The Bertz CT molecular complexity index is 601. The van der Waals surface area contributed by atoms with Crippen LogP contribution in [0.5, 0.6) is 11.5 Å². The molecule has 0 bridgehead atoms. The SMILES string of the molecule is CCCNC(COCc1ccccc1)c1ccc(OC)c(OC)c1. The van der Waals surface area contributed by atoms with Gasteiger partial charge in [0.2, 0.25) is 0 Å². The van der Waals surface area contributed by atoms with Gasteiger partial charge in [0.05, 0.1) is 33.5 Å². The Hall–Kier alpha value is -2.04. The normalized spacial score (nSPS) is 12.0. The van der Waals surface area contributed by atoms with Gasteiger partial charge >= 0.3 is 0 Å². The number of nitrogens with one attached hydrogen (secondary N) is 1. The fourth-order valence-corrected chi connectivity index (χ4v) is 2.53. The van der Waals surface area contributed by atoms with Crippen LogP contribution in [0.25, 0.3) is 0 Å². The first kappa shape index (κ1) is 18.3. The number of rotatable bonds is 10. The second-order valence-corrected chi connectivity index (χ2v) is 5.62. The summed E-state index contributed by atoms with van der Waals surface area (Å²) in [5, 5.41) is 3.54. The molecule has 0 aliphatic carbocycles. The molecular formula is C20H27NO3. The van der Waals surface area contributed by atoms with Crippen molar-refractivity contribution in [2.24, 2.45) is 0 Å². The van der Waals surface area contributed by atoms with Gasteiger partial charge in [-0.2, -0.15) is 0 Å². The number of hydrogen-bond donors (Lipinski definition) is 1. The third-order valence-corrected chi connectivity index (χ3v) is 3.85. The third-order valence-electron chi connectivity index (χ3n) is 3.85. The van der Waals surface area contributed by atoms with Gasteiger partial charge in [-0.1, -0.05) is 43.3 Å². The molecule has 2 aromatic carbocycles. The number of methoxy groups -OCH3 is 2. The molecule has 4 heteroatoms. The summed E-state index contributed by atoms with van der Waals surface area (Å²) in [5.41, 5.74) is 2.31. The fraction of sp³-hybridized carbons (Fsp3) is 0.400. The van der Waals surface area contributed by atoms with Crippen LogP contribution in [0.4, 0.5) is 0 Å². The molecule has 1 unspecified atom stereocenters. The maximum Gasteiger partial charge on any atom is 0.161 e. The summed E-state index contributed by atoms with van der Waals surface area (Å²) in [5.74, 6) is 1.47. The highest BCUT2D eigenvalue weighted by Gasteiger charge is 2.14. The Morgan fingerprint density at radius 3 is 2.38 bits per heavy atom. The van der Waals surface area contributed by atoms with E-state index in [1.165, 1.54) is 5.56 Å². The van der Waals surface area contributed by atoms with E-state index >= 15 is 0 Å². The van der Waals surface area contributed by atoms with E-state index in [4.69, 9.17) is 14.2 Å². The van der Waals surface area contributed by atoms with Crippen molar-refractivity contribution in [2.75, 3.05) is 27.4 Å². The van der Waals surface area contributed by atoms with Gasteiger partial charge < -0.3 is 19.5 Å². The number of benzene rings is 2. The molecule has 130 valence electrons. The molecule has 1 atom stereocenters. The van der Waals surface area contributed by atoms with E-state index in [9.17, 15) is 0 Å². The molecule has 0 saturated heterocycles. The molecule has 0 heterocycles. The first-order chi connectivity index (χ1) is 11.8. The molecule has 0 amide bonds. The Balaban J connectivity index is 2.04. The van der Waals surface area contributed by atoms with Crippen molar-refractivity contribution in [3.05, 3.63) is 59.7 Å². The van der Waals surface area contributed by atoms with Gasteiger partial charge in [-0.25, -0.2) is 0 Å². The van der Waals surface area contributed by atoms with Crippen LogP contribution in [-0.4, -0.2) is 27.4 Å². The second-order valence-electron chi connectivity index (χ2n) is 5.62. The van der Waals surface area contributed by atoms with Crippen molar-refractivity contribution in [3.63, 3.8) is 0 Å². The monoisotopic (exact) mass is 329 g/mol. The highest BCUT2D eigenvalue weighted by atomic mass is 16.5. The lowest BCUT2D eigenvalue weighted by Crippen LogP contribution is -2.26. The zero-order valence-electron chi connectivity index (χ0n) is 14.7. The quantitative estimate of drug-likeness (QED) is 0.716. The van der Waals surface area contributed by atoms with Crippen molar-refractivity contribution in [1.82, 2.24) is 5.32 Å². The lowest BCUT2D eigenvalue weighted by molar-refractivity contribution is 0.0985. The van der Waals surface area contributed by atoms with E-state index in [2.05, 4.69) is 30.4 Å². The molecule has 2 aromatic rings. The molecule has 24 heavy (non-hydrogen) atoms. The third kappa shape index (κ3) is 5.25. The van der Waals surface area contributed by atoms with Crippen LogP contribution in [0.15, 0.2) is 48.5 Å². The molecular weight excluding hydrogens is 302 g/mol. The van der Waals surface area contributed by atoms with Gasteiger partial charge in [-0.3, -0.25) is 0 Å². The summed E-state index contributed by atoms with van der Waals surface area (Å²) in [6, 6.07) is 16.3. The Kier molecular flexibility index (Phi) is 7.59. The molecule has 0 aliphatic heterocycles. The summed E-state index contributed by atoms with van der Waals surface area (Å²) in [6.07, 6.45) is 1.07. The summed E-state index contributed by atoms with van der Waals surface area (Å²) >= 11 is 0. The van der Waals surface area contributed by atoms with Crippen LogP contribution in [-0.2, 0) is 11.3 Å². The molecule has 0 fully saturated rings. The van der Waals surface area contributed by atoms with E-state index < -0.39 is 0 Å². The van der Waals surface area contributed by atoms with Gasteiger partial charge in [0.15, 0.2) is 11.5 Å². The summed E-state index contributed by atoms with van der Waals surface area (Å²) in [6.45, 7) is 4.31. The van der Waals surface area contributed by atoms with Gasteiger partial charge in [-0.15, -0.1) is 0 Å². The highest BCUT2D eigenvalue weighted by molar-refractivity contribution is 5.43. The molecule has 0 spiro atoms. The predicted molar refractivity (Wildman–Crippen MR) is 96.7 cm³/mol. The van der Waals surface area contributed by atoms with Crippen molar-refractivity contribution in [1.29, 1.82) is 0 Å². The van der Waals surface area contributed by atoms with Gasteiger partial charge in [-0.05, 0) is 36.2 Å². The Labute approximate surface area is 144 Å². The van der Waals surface area contributed by atoms with Crippen molar-refractivity contribution in [3.8, 4) is 11.5 Å². The minimum absolute atomic E-state index is 0.119. The van der Waals surface area contributed by atoms with Crippen molar-refractivity contribution in [2.45, 2.75) is 26.0 Å². The average Bonchev–Trinajstić information content (AvgIpc) is 2.64. The second kappa shape index (κ2) is 9.96. The van der Waals surface area contributed by atoms with Crippen LogP contribution in [0.2, 0.25) is 0 Å². The van der Waals surface area contributed by atoms with E-state index in [-0.39, 0.29) is 6.04 Å². The maximum atomic E-state index is 5.93. The Morgan fingerprint density at radius 2 is 1.71 bits per heavy atom. The Morgan fingerprint density at radius 1 is 0.958 bits per heavy atom. The van der Waals surface area contributed by atoms with Gasteiger partial charge in [0.1, 0.15) is 0 Å². The van der Waals surface area contributed by atoms with Crippen LogP contribution in [0, 0.1) is 0 Å². The van der Waals surface area contributed by atoms with Crippen LogP contribution >= 0.6 is 0 Å². The summed E-state index contributed by atoms with van der Waals surface area (Å²) < 4.78 is 16.7. The van der Waals surface area contributed by atoms with Crippen LogP contribution < -0.4 is 14.8 Å². The summed E-state index contributed by atoms with van der Waals surface area (Å²) in [7, 11) is 3.30. The standard InChI is InChI=1S/C20H27NO3/c1-4-12-21-18(15-24-14-16-8-6-5-7-9-16)17-10-11-19(22-2)20(13-17)23-3/h5-11,13,18,21H,4,12,14-15H2,1-3H3. The first-order valence-electron chi connectivity index (χ1n) is 8.35. The first-order valence-corrected chi connectivity index (χ1v) is 8.35. The maximum absolute atomic E-state index is 5.93. The topological polar surface area (TPSA) is 39.7 Å². The van der Waals surface area contributed by atoms with Gasteiger partial charge in [0.25, 0.3) is 0 Å². The molecule has 0 saturated carbocycles. The van der Waals surface area contributed by atoms with Crippen molar-refractivity contribution < 1.29 is 14.2 Å². The number of ether oxygens (including phenoxy) is 3. The highest BCUT2D eigenvalue weighted by Crippen LogP contribution is 2.30. The van der Waals surface area contributed by atoms with E-state index in [0.717, 1.165) is 30.0 Å². The van der Waals surface area contributed by atoms with E-state index in [1.807, 2.05) is 30.3 Å². The lowest BCUT2D eigenvalue weighted by atomic mass is 10.1.